The van der Waals surface area contributed by atoms with Crippen LogP contribution < -0.4 is 5.32 Å². The largest absolute Gasteiger partial charge is 0.417 e. The molecule has 1 aliphatic heterocycles. The van der Waals surface area contributed by atoms with Crippen LogP contribution in [0.1, 0.15) is 49.4 Å². The number of carbonyl (C=O) groups is 2. The Kier molecular flexibility index (Phi) is 11.2. The molecule has 0 aliphatic carbocycles. The van der Waals surface area contributed by atoms with E-state index in [4.69, 9.17) is 0 Å². The maximum Gasteiger partial charge on any atom is 0.417 e. The number of hydrogen-bond donors (Lipinski definition) is 2. The van der Waals surface area contributed by atoms with Gasteiger partial charge in [0.15, 0.2) is 11.6 Å². The molecule has 50 heavy (non-hydrogen) atoms. The van der Waals surface area contributed by atoms with E-state index in [2.05, 4.69) is 10.3 Å². The van der Waals surface area contributed by atoms with Gasteiger partial charge in [-0.25, -0.2) is 0 Å². The third-order valence-electron chi connectivity index (χ3n) is 9.12. The van der Waals surface area contributed by atoms with Crippen LogP contribution in [-0.2, 0) is 25.2 Å². The van der Waals surface area contributed by atoms with Crippen molar-refractivity contribution in [1.82, 2.24) is 15.2 Å². The topological polar surface area (TPSA) is 65.2 Å². The number of ketones is 2. The van der Waals surface area contributed by atoms with Crippen LogP contribution in [0.4, 0.5) is 26.3 Å². The second kappa shape index (κ2) is 15.2. The molecule has 1 fully saturated rings. The van der Waals surface area contributed by atoms with Gasteiger partial charge in [0.25, 0.3) is 0 Å². The highest BCUT2D eigenvalue weighted by molar-refractivity contribution is 6.05. The molecule has 12 heteroatoms. The van der Waals surface area contributed by atoms with Crippen LogP contribution in [0.25, 0.3) is 10.9 Å². The van der Waals surface area contributed by atoms with E-state index in [-0.39, 0.29) is 31.9 Å². The first-order valence-electron chi connectivity index (χ1n) is 15.9. The number of para-hydroxylation sites is 1. The number of aromatic amines is 1. The monoisotopic (exact) mass is 713 g/mol. The number of rotatable bonds is 10. The first kappa shape index (κ1) is 36.8. The van der Waals surface area contributed by atoms with Gasteiger partial charge in [-0.15, -0.1) is 12.4 Å². The highest BCUT2D eigenvalue weighted by Gasteiger charge is 2.47. The number of piperazine rings is 1. The van der Waals surface area contributed by atoms with Gasteiger partial charge >= 0.3 is 12.4 Å². The fourth-order valence-corrected chi connectivity index (χ4v) is 6.85. The van der Waals surface area contributed by atoms with Gasteiger partial charge in [-0.2, -0.15) is 26.3 Å². The smallest absolute Gasteiger partial charge is 0.361 e. The normalized spacial score (nSPS) is 18.5. The van der Waals surface area contributed by atoms with E-state index in [1.165, 1.54) is 29.2 Å². The number of carbonyl (C=O) groups excluding carboxylic acids is 2. The number of nitrogens with one attached hydrogen (secondary N) is 2. The maximum absolute atomic E-state index is 14.6. The standard InChI is InChI=1S/C38H33F6N3O2.ClH/c39-37(40,41)29-17-7-4-15-27(29)35(48)33-23-46-32(21-25-22-45-31-19-9-6-14-26(25)31)34(47(33)20-10-13-24-11-2-1-3-12-24)36(49)28-16-5-8-18-30(28)38(42,43)44;/h1-9,11-12,14-19,22,32-34,45-46H,10,13,20-21,23H2;1H. The second-order valence-corrected chi connectivity index (χ2v) is 12.2. The van der Waals surface area contributed by atoms with Crippen molar-refractivity contribution in [3.63, 3.8) is 0 Å². The van der Waals surface area contributed by atoms with Gasteiger partial charge < -0.3 is 10.3 Å². The number of nitrogens with zero attached hydrogens (tertiary/aromatic N) is 1. The third kappa shape index (κ3) is 7.80. The van der Waals surface area contributed by atoms with Crippen molar-refractivity contribution in [2.45, 2.75) is 49.7 Å². The predicted molar refractivity (Wildman–Crippen MR) is 182 cm³/mol. The molecule has 2 heterocycles. The Hall–Kier alpha value is -4.45. The van der Waals surface area contributed by atoms with E-state index in [0.29, 0.717) is 12.8 Å². The molecule has 262 valence electrons. The molecule has 1 aromatic heterocycles. The summed E-state index contributed by atoms with van der Waals surface area (Å²) in [5.41, 5.74) is -0.777. The minimum absolute atomic E-state index is 0. The van der Waals surface area contributed by atoms with Crippen LogP contribution in [0.15, 0.2) is 109 Å². The number of alkyl halides is 6. The summed E-state index contributed by atoms with van der Waals surface area (Å²) in [6.07, 6.45) is -6.81. The summed E-state index contributed by atoms with van der Waals surface area (Å²) < 4.78 is 85.1. The molecule has 1 aliphatic rings. The van der Waals surface area contributed by atoms with Gasteiger partial charge in [0.1, 0.15) is 0 Å². The summed E-state index contributed by atoms with van der Waals surface area (Å²) >= 11 is 0. The molecule has 0 saturated carbocycles. The zero-order valence-electron chi connectivity index (χ0n) is 26.6. The number of fused-ring (bicyclic) bond motifs is 1. The van der Waals surface area contributed by atoms with E-state index in [1.807, 2.05) is 54.6 Å². The average Bonchev–Trinajstić information content (AvgIpc) is 3.50. The van der Waals surface area contributed by atoms with E-state index < -0.39 is 64.3 Å². The summed E-state index contributed by atoms with van der Waals surface area (Å²) in [7, 11) is 0. The van der Waals surface area contributed by atoms with Crippen LogP contribution >= 0.6 is 12.4 Å². The molecule has 0 radical (unpaired) electrons. The fourth-order valence-electron chi connectivity index (χ4n) is 6.85. The first-order valence-corrected chi connectivity index (χ1v) is 15.9. The summed E-state index contributed by atoms with van der Waals surface area (Å²) in [6.45, 7) is -0.0514. The van der Waals surface area contributed by atoms with Crippen molar-refractivity contribution >= 4 is 34.9 Å². The van der Waals surface area contributed by atoms with Gasteiger partial charge in [-0.3, -0.25) is 14.5 Å². The Morgan fingerprint density at radius 2 is 1.28 bits per heavy atom. The van der Waals surface area contributed by atoms with E-state index in [0.717, 1.165) is 46.3 Å². The molecule has 3 atom stereocenters. The number of halogens is 7. The Balaban J connectivity index is 0.00000486. The molecule has 2 N–H and O–H groups in total. The predicted octanol–water partition coefficient (Wildman–Crippen LogP) is 8.58. The molecule has 3 unspecified atom stereocenters. The van der Waals surface area contributed by atoms with Crippen molar-refractivity contribution < 1.29 is 35.9 Å². The lowest BCUT2D eigenvalue weighted by atomic mass is 9.84. The minimum atomic E-state index is -4.85. The van der Waals surface area contributed by atoms with Gasteiger partial charge in [-0.05, 0) is 48.6 Å². The molecular weight excluding hydrogens is 680 g/mol. The van der Waals surface area contributed by atoms with E-state index in [1.54, 1.807) is 6.20 Å². The zero-order valence-corrected chi connectivity index (χ0v) is 27.4. The molecule has 6 rings (SSSR count). The first-order chi connectivity index (χ1) is 23.4. The summed E-state index contributed by atoms with van der Waals surface area (Å²) in [5.74, 6) is -1.74. The SMILES string of the molecule is Cl.O=C(c1ccccc1C(F)(F)F)C1CNC(Cc2c[nH]c3ccccc23)C(C(=O)c2ccccc2C(F)(F)F)N1CCCc1ccccc1. The van der Waals surface area contributed by atoms with Crippen LogP contribution in [0.2, 0.25) is 0 Å². The molecule has 5 aromatic rings. The fraction of sp³-hybridized carbons (Fsp3) is 0.263. The minimum Gasteiger partial charge on any atom is -0.361 e. The lowest BCUT2D eigenvalue weighted by Crippen LogP contribution is -2.68. The highest BCUT2D eigenvalue weighted by Crippen LogP contribution is 2.36. The Labute approximate surface area is 291 Å². The van der Waals surface area contributed by atoms with Crippen molar-refractivity contribution in [3.05, 3.63) is 143 Å². The van der Waals surface area contributed by atoms with Crippen LogP contribution in [0.5, 0.6) is 0 Å². The van der Waals surface area contributed by atoms with E-state index >= 15 is 0 Å². The molecule has 4 aromatic carbocycles. The third-order valence-corrected chi connectivity index (χ3v) is 9.12. The van der Waals surface area contributed by atoms with Crippen molar-refractivity contribution in [2.75, 3.05) is 13.1 Å². The van der Waals surface area contributed by atoms with Crippen molar-refractivity contribution in [2.24, 2.45) is 0 Å². The number of Topliss-reactive ketones (excluding diaryl/α,β-unsaturated/α-hetero) is 2. The number of aromatic nitrogens is 1. The molecule has 5 nitrogen and oxygen atoms in total. The Bertz CT molecular complexity index is 1940. The lowest BCUT2D eigenvalue weighted by molar-refractivity contribution is -0.138. The number of aryl methyl sites for hydroxylation is 1. The maximum atomic E-state index is 14.6. The highest BCUT2D eigenvalue weighted by atomic mass is 35.5. The van der Waals surface area contributed by atoms with Crippen molar-refractivity contribution in [3.8, 4) is 0 Å². The molecule has 0 bridgehead atoms. The Morgan fingerprint density at radius 1 is 0.720 bits per heavy atom. The summed E-state index contributed by atoms with van der Waals surface area (Å²) in [4.78, 5) is 33.4. The Morgan fingerprint density at radius 3 is 1.92 bits per heavy atom. The van der Waals surface area contributed by atoms with Crippen molar-refractivity contribution in [1.29, 1.82) is 0 Å². The molecule has 1 saturated heterocycles. The summed E-state index contributed by atoms with van der Waals surface area (Å²) in [6, 6.07) is 22.4. The second-order valence-electron chi connectivity index (χ2n) is 12.2. The van der Waals surface area contributed by atoms with Crippen LogP contribution in [-0.4, -0.2) is 52.7 Å². The van der Waals surface area contributed by atoms with Gasteiger partial charge in [0, 0.05) is 47.4 Å². The lowest BCUT2D eigenvalue weighted by Gasteiger charge is -2.46. The summed E-state index contributed by atoms with van der Waals surface area (Å²) in [5, 5.41) is 4.08. The molecule has 0 spiro atoms. The molecular formula is C38H34ClF6N3O2. The number of H-pyrrole nitrogens is 1. The molecule has 0 amide bonds. The quantitative estimate of drug-likeness (QED) is 0.112. The number of benzene rings is 4. The van der Waals surface area contributed by atoms with Crippen LogP contribution in [0, 0.1) is 0 Å². The number of hydrogen-bond acceptors (Lipinski definition) is 4. The average molecular weight is 714 g/mol. The van der Waals surface area contributed by atoms with Crippen LogP contribution in [0.3, 0.4) is 0 Å². The van der Waals surface area contributed by atoms with Gasteiger partial charge in [0.2, 0.25) is 0 Å². The van der Waals surface area contributed by atoms with Gasteiger partial charge in [-0.1, -0.05) is 84.9 Å². The van der Waals surface area contributed by atoms with Gasteiger partial charge in [0.05, 0.1) is 23.2 Å². The van der Waals surface area contributed by atoms with E-state index in [9.17, 15) is 35.9 Å². The zero-order chi connectivity index (χ0) is 34.8.